The maximum Gasteiger partial charge on any atom is 0.185 e. The van der Waals surface area contributed by atoms with Crippen LogP contribution in [0.5, 0.6) is 5.75 Å². The molecule has 0 spiro atoms. The molecule has 8 heteroatoms. The molecule has 0 amide bonds. The van der Waals surface area contributed by atoms with E-state index in [9.17, 15) is 0 Å². The normalized spacial score (nSPS) is 14.2. The Morgan fingerprint density at radius 2 is 2.11 bits per heavy atom. The Morgan fingerprint density at radius 3 is 2.86 bits per heavy atom. The van der Waals surface area contributed by atoms with E-state index in [1.807, 2.05) is 30.3 Å². The molecule has 1 aromatic carbocycles. The summed E-state index contributed by atoms with van der Waals surface area (Å²) in [4.78, 5) is 9.35. The van der Waals surface area contributed by atoms with Gasteiger partial charge in [0.05, 0.1) is 25.6 Å². The number of nitrogens with zero attached hydrogens (tertiary/aromatic N) is 3. The zero-order valence-corrected chi connectivity index (χ0v) is 17.3. The zero-order valence-electron chi connectivity index (χ0n) is 15.6. The molecular formula is C20H22N4O2S2. The number of piperazine rings is 1. The predicted molar refractivity (Wildman–Crippen MR) is 116 cm³/mol. The number of anilines is 1. The highest BCUT2D eigenvalue weighted by molar-refractivity contribution is 7.80. The maximum atomic E-state index is 5.52. The first-order valence-corrected chi connectivity index (χ1v) is 10.4. The molecule has 4 rings (SSSR count). The van der Waals surface area contributed by atoms with Gasteiger partial charge in [0.15, 0.2) is 10.2 Å². The lowest BCUT2D eigenvalue weighted by Crippen LogP contribution is -2.51. The molecule has 3 aromatic rings. The molecule has 28 heavy (non-hydrogen) atoms. The van der Waals surface area contributed by atoms with Gasteiger partial charge >= 0.3 is 0 Å². The number of thiocarbonyl (C=S) groups is 1. The summed E-state index contributed by atoms with van der Waals surface area (Å²) < 4.78 is 10.6. The molecule has 1 N–H and O–H groups in total. The van der Waals surface area contributed by atoms with Gasteiger partial charge in [-0.15, -0.1) is 11.3 Å². The van der Waals surface area contributed by atoms with Gasteiger partial charge in [-0.1, -0.05) is 12.1 Å². The van der Waals surface area contributed by atoms with Gasteiger partial charge in [0.25, 0.3) is 0 Å². The van der Waals surface area contributed by atoms with Gasteiger partial charge in [-0.05, 0) is 36.5 Å². The van der Waals surface area contributed by atoms with Crippen LogP contribution < -0.4 is 15.0 Å². The number of methoxy groups -OCH3 is 1. The van der Waals surface area contributed by atoms with E-state index in [-0.39, 0.29) is 0 Å². The first-order valence-electron chi connectivity index (χ1n) is 9.13. The largest absolute Gasteiger partial charge is 0.497 e. The summed E-state index contributed by atoms with van der Waals surface area (Å²) in [6.07, 6.45) is 1.67. The highest BCUT2D eigenvalue weighted by Gasteiger charge is 2.21. The second kappa shape index (κ2) is 8.62. The van der Waals surface area contributed by atoms with E-state index >= 15 is 0 Å². The molecule has 1 aliphatic rings. The fraction of sp³-hybridized carbons (Fsp3) is 0.300. The number of hydrogen-bond donors (Lipinski definition) is 1. The fourth-order valence-corrected chi connectivity index (χ4v) is 4.26. The molecule has 1 saturated heterocycles. The Hall–Kier alpha value is -2.58. The SMILES string of the molecule is COc1cccc(-c2csc(N3CCN(C(=S)NCc4ccco4)CC3)n2)c1. The van der Waals surface area contributed by atoms with E-state index in [4.69, 9.17) is 26.4 Å². The monoisotopic (exact) mass is 414 g/mol. The van der Waals surface area contributed by atoms with Crippen LogP contribution in [0.15, 0.2) is 52.5 Å². The summed E-state index contributed by atoms with van der Waals surface area (Å²) in [5.41, 5.74) is 2.06. The lowest BCUT2D eigenvalue weighted by molar-refractivity contribution is 0.377. The topological polar surface area (TPSA) is 53.8 Å². The quantitative estimate of drug-likeness (QED) is 0.640. The van der Waals surface area contributed by atoms with Crippen molar-refractivity contribution < 1.29 is 9.15 Å². The summed E-state index contributed by atoms with van der Waals surface area (Å²) in [7, 11) is 1.68. The number of aromatic nitrogens is 1. The number of hydrogen-bond acceptors (Lipinski definition) is 6. The Bertz CT molecular complexity index is 918. The van der Waals surface area contributed by atoms with Gasteiger partial charge in [0.2, 0.25) is 0 Å². The average Bonchev–Trinajstić information content (AvgIpc) is 3.44. The second-order valence-electron chi connectivity index (χ2n) is 6.46. The van der Waals surface area contributed by atoms with Gasteiger partial charge in [-0.3, -0.25) is 0 Å². The van der Waals surface area contributed by atoms with Crippen molar-refractivity contribution in [2.45, 2.75) is 6.54 Å². The van der Waals surface area contributed by atoms with E-state index < -0.39 is 0 Å². The first-order chi connectivity index (χ1) is 13.7. The standard InChI is InChI=1S/C20H22N4O2S2/c1-25-16-5-2-4-15(12-16)18-14-28-20(22-18)24-9-7-23(8-10-24)19(27)21-13-17-6-3-11-26-17/h2-6,11-12,14H,7-10,13H2,1H3,(H,21,27). The van der Waals surface area contributed by atoms with E-state index in [0.717, 1.165) is 59.2 Å². The van der Waals surface area contributed by atoms with Crippen LogP contribution in [0.3, 0.4) is 0 Å². The van der Waals surface area contributed by atoms with Crippen LogP contribution in [0.4, 0.5) is 5.13 Å². The molecule has 0 saturated carbocycles. The third-order valence-corrected chi connectivity index (χ3v) is 5.99. The molecule has 3 heterocycles. The van der Waals surface area contributed by atoms with Crippen LogP contribution in [0, 0.1) is 0 Å². The van der Waals surface area contributed by atoms with Gasteiger partial charge in [0, 0.05) is 37.1 Å². The third kappa shape index (κ3) is 4.28. The molecule has 146 valence electrons. The number of thiazole rings is 1. The lowest BCUT2D eigenvalue weighted by atomic mass is 10.2. The van der Waals surface area contributed by atoms with E-state index in [1.165, 1.54) is 0 Å². The summed E-state index contributed by atoms with van der Waals surface area (Å²) >= 11 is 7.20. The van der Waals surface area contributed by atoms with Crippen LogP contribution in [0.1, 0.15) is 5.76 Å². The van der Waals surface area contributed by atoms with Crippen molar-refractivity contribution in [1.29, 1.82) is 0 Å². The van der Waals surface area contributed by atoms with Crippen molar-refractivity contribution in [2.75, 3.05) is 38.2 Å². The number of nitrogens with one attached hydrogen (secondary N) is 1. The van der Waals surface area contributed by atoms with Gasteiger partial charge in [0.1, 0.15) is 11.5 Å². The number of rotatable bonds is 5. The van der Waals surface area contributed by atoms with Gasteiger partial charge in [-0.2, -0.15) is 0 Å². The van der Waals surface area contributed by atoms with Gasteiger partial charge < -0.3 is 24.3 Å². The van der Waals surface area contributed by atoms with Crippen molar-refractivity contribution in [3.05, 3.63) is 53.8 Å². The maximum absolute atomic E-state index is 5.52. The Kier molecular flexibility index (Phi) is 5.78. The highest BCUT2D eigenvalue weighted by atomic mass is 32.1. The summed E-state index contributed by atoms with van der Waals surface area (Å²) in [5.74, 6) is 1.73. The smallest absolute Gasteiger partial charge is 0.185 e. The molecule has 6 nitrogen and oxygen atoms in total. The van der Waals surface area contributed by atoms with Crippen molar-refractivity contribution in [1.82, 2.24) is 15.2 Å². The minimum Gasteiger partial charge on any atom is -0.497 e. The van der Waals surface area contributed by atoms with Crippen LogP contribution in [-0.2, 0) is 6.54 Å². The molecule has 0 radical (unpaired) electrons. The summed E-state index contributed by atoms with van der Waals surface area (Å²) in [5, 5.41) is 7.19. The predicted octanol–water partition coefficient (Wildman–Crippen LogP) is 3.61. The number of furan rings is 1. The third-order valence-electron chi connectivity index (χ3n) is 4.69. The molecular weight excluding hydrogens is 392 g/mol. The molecule has 0 bridgehead atoms. The first kappa shape index (κ1) is 18.8. The Labute approximate surface area is 173 Å². The molecule has 0 atom stereocenters. The van der Waals surface area contributed by atoms with Crippen LogP contribution >= 0.6 is 23.6 Å². The second-order valence-corrected chi connectivity index (χ2v) is 7.68. The number of benzene rings is 1. The van der Waals surface area contributed by atoms with Crippen LogP contribution in [0.25, 0.3) is 11.3 Å². The molecule has 1 fully saturated rings. The summed E-state index contributed by atoms with van der Waals surface area (Å²) in [6, 6.07) is 11.8. The molecule has 2 aromatic heterocycles. The Balaban J connectivity index is 1.32. The van der Waals surface area contributed by atoms with Gasteiger partial charge in [-0.25, -0.2) is 4.98 Å². The fourth-order valence-electron chi connectivity index (χ4n) is 3.11. The molecule has 0 unspecified atom stereocenters. The zero-order chi connectivity index (χ0) is 19.3. The van der Waals surface area contributed by atoms with Crippen LogP contribution in [-0.4, -0.2) is 48.3 Å². The average molecular weight is 415 g/mol. The minimum absolute atomic E-state index is 0.614. The molecule has 0 aliphatic carbocycles. The Morgan fingerprint density at radius 1 is 1.25 bits per heavy atom. The van der Waals surface area contributed by atoms with Crippen molar-refractivity contribution >= 4 is 33.8 Å². The van der Waals surface area contributed by atoms with Crippen molar-refractivity contribution in [2.24, 2.45) is 0 Å². The van der Waals surface area contributed by atoms with Crippen LogP contribution in [0.2, 0.25) is 0 Å². The minimum atomic E-state index is 0.614. The molecule has 1 aliphatic heterocycles. The van der Waals surface area contributed by atoms with E-state index in [0.29, 0.717) is 6.54 Å². The van der Waals surface area contributed by atoms with Crippen molar-refractivity contribution in [3.63, 3.8) is 0 Å². The van der Waals surface area contributed by atoms with E-state index in [1.54, 1.807) is 24.7 Å². The summed E-state index contributed by atoms with van der Waals surface area (Å²) in [6.45, 7) is 4.15. The highest BCUT2D eigenvalue weighted by Crippen LogP contribution is 2.29. The van der Waals surface area contributed by atoms with E-state index in [2.05, 4.69) is 26.6 Å². The lowest BCUT2D eigenvalue weighted by Gasteiger charge is -2.36. The number of ether oxygens (including phenoxy) is 1. The van der Waals surface area contributed by atoms with Crippen molar-refractivity contribution in [3.8, 4) is 17.0 Å².